The smallest absolute Gasteiger partial charge is 0.258 e. The lowest BCUT2D eigenvalue weighted by atomic mass is 10.0. The number of likely N-dealkylation sites (tertiary alicyclic amines) is 1. The molecule has 2 atom stereocenters. The van der Waals surface area contributed by atoms with Crippen LogP contribution >= 0.6 is 0 Å². The first-order valence-electron chi connectivity index (χ1n) is 8.57. The number of hydrogen-bond donors (Lipinski definition) is 2. The fraction of sp³-hybridized carbons (Fsp3) is 0.421. The van der Waals surface area contributed by atoms with Gasteiger partial charge in [-0.3, -0.25) is 14.4 Å². The summed E-state index contributed by atoms with van der Waals surface area (Å²) in [5.41, 5.74) is -0.460. The monoisotopic (exact) mass is 355 g/mol. The fourth-order valence-electron chi connectivity index (χ4n) is 3.32. The minimum absolute atomic E-state index is 0.116. The van der Waals surface area contributed by atoms with Crippen LogP contribution in [0.4, 0.5) is 0 Å². The van der Waals surface area contributed by atoms with Gasteiger partial charge in [0.2, 0.25) is 11.8 Å². The topological polar surface area (TPSA) is 87.7 Å². The van der Waals surface area contributed by atoms with Crippen molar-refractivity contribution >= 4 is 17.7 Å². The number of nitrogens with one attached hydrogen (secondary N) is 2. The number of carbonyl (C=O) groups is 3. The van der Waals surface area contributed by atoms with E-state index in [2.05, 4.69) is 16.6 Å². The molecule has 1 spiro atoms. The molecule has 0 saturated carbocycles. The quantitative estimate of drug-likeness (QED) is 0.780. The molecule has 0 aliphatic carbocycles. The molecular formula is C19H21N3O4. The maximum absolute atomic E-state index is 12.5. The van der Waals surface area contributed by atoms with E-state index in [4.69, 9.17) is 11.2 Å². The van der Waals surface area contributed by atoms with Crippen LogP contribution in [0.1, 0.15) is 36.5 Å². The van der Waals surface area contributed by atoms with Gasteiger partial charge in [-0.25, -0.2) is 0 Å². The first kappa shape index (κ1) is 17.8. The lowest BCUT2D eigenvalue weighted by Crippen LogP contribution is -2.56. The molecule has 0 bridgehead atoms. The Bertz CT molecular complexity index is 785. The van der Waals surface area contributed by atoms with E-state index in [1.54, 1.807) is 31.2 Å². The summed E-state index contributed by atoms with van der Waals surface area (Å²) in [4.78, 5) is 38.6. The first-order chi connectivity index (χ1) is 12.5. The zero-order chi connectivity index (χ0) is 18.7. The van der Waals surface area contributed by atoms with Gasteiger partial charge in [-0.2, -0.15) is 0 Å². The van der Waals surface area contributed by atoms with Crippen molar-refractivity contribution in [2.75, 3.05) is 13.1 Å². The van der Waals surface area contributed by atoms with Gasteiger partial charge in [0.15, 0.2) is 5.72 Å². The Morgan fingerprint density at radius 1 is 1.42 bits per heavy atom. The Morgan fingerprint density at radius 3 is 2.96 bits per heavy atom. The number of amides is 3. The molecule has 26 heavy (non-hydrogen) atoms. The van der Waals surface area contributed by atoms with E-state index in [1.165, 1.54) is 4.90 Å². The van der Waals surface area contributed by atoms with Crippen LogP contribution < -0.4 is 15.4 Å². The molecule has 0 radical (unpaired) electrons. The minimum atomic E-state index is -0.940. The summed E-state index contributed by atoms with van der Waals surface area (Å²) in [6.45, 7) is 2.08. The highest BCUT2D eigenvalue weighted by atomic mass is 16.5. The zero-order valence-electron chi connectivity index (χ0n) is 14.6. The highest BCUT2D eigenvalue weighted by Crippen LogP contribution is 2.33. The second-order valence-corrected chi connectivity index (χ2v) is 6.48. The Morgan fingerprint density at radius 2 is 2.19 bits per heavy atom. The number of ether oxygens (including phenoxy) is 1. The highest BCUT2D eigenvalue weighted by molar-refractivity contribution is 5.98. The minimum Gasteiger partial charge on any atom is -0.467 e. The summed E-state index contributed by atoms with van der Waals surface area (Å²) < 4.78 is 6.07. The molecule has 136 valence electrons. The number of para-hydroxylation sites is 1. The summed E-state index contributed by atoms with van der Waals surface area (Å²) in [5, 5.41) is 5.50. The average molecular weight is 355 g/mol. The Balaban J connectivity index is 1.76. The van der Waals surface area contributed by atoms with E-state index < -0.39 is 11.8 Å². The Hall–Kier alpha value is -3.01. The van der Waals surface area contributed by atoms with Gasteiger partial charge in [0.05, 0.1) is 12.1 Å². The molecule has 2 aliphatic heterocycles. The third kappa shape index (κ3) is 3.36. The number of terminal acetylenes is 1. The Kier molecular flexibility index (Phi) is 4.85. The van der Waals surface area contributed by atoms with Gasteiger partial charge in [-0.15, -0.1) is 6.42 Å². The molecule has 1 aromatic carbocycles. The van der Waals surface area contributed by atoms with Crippen LogP contribution in [0.2, 0.25) is 0 Å². The lowest BCUT2D eigenvalue weighted by Gasteiger charge is -2.38. The van der Waals surface area contributed by atoms with Crippen molar-refractivity contribution in [1.29, 1.82) is 0 Å². The van der Waals surface area contributed by atoms with Crippen molar-refractivity contribution < 1.29 is 19.1 Å². The molecule has 7 nitrogen and oxygen atoms in total. The normalized spacial score (nSPS) is 23.2. The summed E-state index contributed by atoms with van der Waals surface area (Å²) in [7, 11) is 0. The van der Waals surface area contributed by atoms with Crippen LogP contribution in [0.5, 0.6) is 5.75 Å². The van der Waals surface area contributed by atoms with Crippen molar-refractivity contribution in [2.45, 2.75) is 38.0 Å². The molecule has 2 N–H and O–H groups in total. The van der Waals surface area contributed by atoms with E-state index in [1.807, 2.05) is 0 Å². The summed E-state index contributed by atoms with van der Waals surface area (Å²) in [6, 6.07) is 6.38. The molecule has 1 aromatic rings. The molecule has 1 fully saturated rings. The predicted molar refractivity (Wildman–Crippen MR) is 94.1 cm³/mol. The summed E-state index contributed by atoms with van der Waals surface area (Å²) >= 11 is 0. The first-order valence-corrected chi connectivity index (χ1v) is 8.57. The number of nitrogens with zero attached hydrogens (tertiary/aromatic N) is 1. The van der Waals surface area contributed by atoms with Crippen molar-refractivity contribution in [1.82, 2.24) is 15.5 Å². The molecule has 7 heteroatoms. The van der Waals surface area contributed by atoms with Crippen molar-refractivity contribution in [3.05, 3.63) is 29.8 Å². The van der Waals surface area contributed by atoms with Gasteiger partial charge in [0, 0.05) is 25.8 Å². The maximum atomic E-state index is 12.5. The SMILES string of the molecule is C#CCNC(=O)[C@@H](C)N1CC[C@]2(CCC1=O)NC(=O)c1ccccc1O2. The Labute approximate surface area is 152 Å². The largest absolute Gasteiger partial charge is 0.467 e. The van der Waals surface area contributed by atoms with Crippen molar-refractivity contribution in [2.24, 2.45) is 0 Å². The van der Waals surface area contributed by atoms with Crippen molar-refractivity contribution in [3.63, 3.8) is 0 Å². The van der Waals surface area contributed by atoms with E-state index in [9.17, 15) is 14.4 Å². The standard InChI is InChI=1S/C19H21N3O4/c1-3-11-20-17(24)13(2)22-12-10-19(9-8-16(22)23)21-18(25)14-6-4-5-7-15(14)26-19/h1,4-7,13H,8-12H2,2H3,(H,20,24)(H,21,25)/t13-,19-/m1/s1. The molecule has 1 saturated heterocycles. The van der Waals surface area contributed by atoms with E-state index in [0.717, 1.165) is 0 Å². The number of fused-ring (bicyclic) bond motifs is 1. The van der Waals surface area contributed by atoms with Crippen LogP contribution in [0, 0.1) is 12.3 Å². The van der Waals surface area contributed by atoms with E-state index >= 15 is 0 Å². The van der Waals surface area contributed by atoms with Crippen molar-refractivity contribution in [3.8, 4) is 18.1 Å². The molecular weight excluding hydrogens is 334 g/mol. The molecule has 0 aromatic heterocycles. The number of benzene rings is 1. The highest BCUT2D eigenvalue weighted by Gasteiger charge is 2.43. The van der Waals surface area contributed by atoms with Crippen LogP contribution in [0.25, 0.3) is 0 Å². The average Bonchev–Trinajstić information content (AvgIpc) is 2.79. The van der Waals surface area contributed by atoms with Gasteiger partial charge in [0.1, 0.15) is 11.8 Å². The predicted octanol–water partition coefficient (Wildman–Crippen LogP) is 0.656. The maximum Gasteiger partial charge on any atom is 0.258 e. The van der Waals surface area contributed by atoms with Gasteiger partial charge >= 0.3 is 0 Å². The van der Waals surface area contributed by atoms with Gasteiger partial charge in [-0.1, -0.05) is 18.1 Å². The van der Waals surface area contributed by atoms with Crippen LogP contribution in [0.3, 0.4) is 0 Å². The third-order valence-corrected chi connectivity index (χ3v) is 4.81. The molecule has 2 heterocycles. The van der Waals surface area contributed by atoms with Gasteiger partial charge in [-0.05, 0) is 19.1 Å². The third-order valence-electron chi connectivity index (χ3n) is 4.81. The number of rotatable bonds is 3. The van der Waals surface area contributed by atoms with E-state index in [-0.39, 0.29) is 30.7 Å². The van der Waals surface area contributed by atoms with Gasteiger partial charge in [0.25, 0.3) is 5.91 Å². The van der Waals surface area contributed by atoms with E-state index in [0.29, 0.717) is 30.7 Å². The summed E-state index contributed by atoms with van der Waals surface area (Å²) in [6.07, 6.45) is 6.07. The number of carbonyl (C=O) groups excluding carboxylic acids is 3. The second-order valence-electron chi connectivity index (χ2n) is 6.48. The zero-order valence-corrected chi connectivity index (χ0v) is 14.6. The van der Waals surface area contributed by atoms with Crippen LogP contribution in [-0.4, -0.2) is 47.5 Å². The number of hydrogen-bond acceptors (Lipinski definition) is 4. The molecule has 2 aliphatic rings. The summed E-state index contributed by atoms with van der Waals surface area (Å²) in [5.74, 6) is 2.18. The molecule has 0 unspecified atom stereocenters. The van der Waals surface area contributed by atoms with Gasteiger partial charge < -0.3 is 20.3 Å². The lowest BCUT2D eigenvalue weighted by molar-refractivity contribution is -0.139. The molecule has 3 rings (SSSR count). The fourth-order valence-corrected chi connectivity index (χ4v) is 3.32. The second kappa shape index (κ2) is 7.08. The van der Waals surface area contributed by atoms with Crippen LogP contribution in [-0.2, 0) is 9.59 Å². The van der Waals surface area contributed by atoms with Crippen LogP contribution in [0.15, 0.2) is 24.3 Å². The molecule has 3 amide bonds.